The minimum Gasteiger partial charge on any atom is -0.494 e. The molecule has 3 atom stereocenters. The third-order valence-corrected chi connectivity index (χ3v) is 19.9. The molecule has 0 N–H and O–H groups in total. The van der Waals surface area contributed by atoms with Crippen molar-refractivity contribution in [1.82, 2.24) is 57.8 Å². The number of nitrogens with zero attached hydrogens (tertiary/aromatic N) is 12. The van der Waals surface area contributed by atoms with Crippen LogP contribution in [0.1, 0.15) is 123 Å². The molecule has 0 bridgehead atoms. The van der Waals surface area contributed by atoms with E-state index in [9.17, 15) is 27.6 Å². The molecule has 3 aliphatic rings. The third-order valence-electron chi connectivity index (χ3n) is 19.9. The van der Waals surface area contributed by atoms with Gasteiger partial charge in [-0.3, -0.25) is 42.5 Å². The standard InChI is InChI=1S/C30H29FN4O3.C29H27FN4O3.C28H27FN4O3/c1-5-8-26(36)34-16-7-9-22(18-34)30-33-28(29-20(3)32-17-19(2)35(29)30)21-12-14-23(15-13-21)38-25-11-6-10-24(37-4)27(25)31;1-4-8-26(35)33-16-6-5-9-22(33)29-32-28(23-18-31-17-19(2)34(23)29)20-12-14-21(15-13-20)37-25-11-7-10-24(36-3)27(25)30;1-4-25(34)32-15-6-5-8-21(32)28-31-27(22-17-30-16-18(2)33(22)28)19-11-13-20(14-12-19)36-24-10-7-9-23(35-3)26(24)29/h6,10-15,17,22H,7,9,16,18H2,1-4H3;7,10-15,17-18,22H,5-6,9,16H2,1-3H3;4,7,9-14,16-17,21H,1,5-6,8,15H2,2-3H3/t2*22-;21-/m100/s1. The maximum atomic E-state index is 14.6. The number of ether oxygens (including phenoxy) is 6. The number of piperidine rings is 3. The molecule has 24 heteroatoms. The summed E-state index contributed by atoms with van der Waals surface area (Å²) in [6.07, 6.45) is 17.8. The first-order valence-corrected chi connectivity index (χ1v) is 36.6. The molecule has 9 heterocycles. The summed E-state index contributed by atoms with van der Waals surface area (Å²) in [7, 11) is 4.24. The molecular weight excluding hydrogens is 1410 g/mol. The van der Waals surface area contributed by atoms with E-state index in [0.29, 0.717) is 43.4 Å². The number of aromatic nitrogens is 9. The van der Waals surface area contributed by atoms with Gasteiger partial charge in [0.15, 0.2) is 34.5 Å². The zero-order valence-corrected chi connectivity index (χ0v) is 63.2. The smallest absolute Gasteiger partial charge is 0.299 e. The Hall–Kier alpha value is -13.0. The van der Waals surface area contributed by atoms with E-state index in [2.05, 4.69) is 58.4 Å². The van der Waals surface area contributed by atoms with Crippen LogP contribution in [0.5, 0.6) is 51.7 Å². The van der Waals surface area contributed by atoms with Gasteiger partial charge in [0.1, 0.15) is 34.7 Å². The minimum atomic E-state index is -0.556. The van der Waals surface area contributed by atoms with Gasteiger partial charge in [-0.2, -0.15) is 13.2 Å². The van der Waals surface area contributed by atoms with E-state index < -0.39 is 17.5 Å². The van der Waals surface area contributed by atoms with E-state index in [4.69, 9.17) is 43.4 Å². The van der Waals surface area contributed by atoms with Gasteiger partial charge in [0, 0.05) is 84.5 Å². The van der Waals surface area contributed by atoms with Crippen LogP contribution in [-0.4, -0.2) is 123 Å². The Morgan fingerprint density at radius 1 is 0.468 bits per heavy atom. The van der Waals surface area contributed by atoms with Crippen molar-refractivity contribution in [1.29, 1.82) is 0 Å². The van der Waals surface area contributed by atoms with Gasteiger partial charge >= 0.3 is 0 Å². The number of fused-ring (bicyclic) bond motifs is 3. The average Bonchev–Trinajstić information content (AvgIpc) is 1.62. The molecule has 3 saturated heterocycles. The molecule has 6 aromatic carbocycles. The third kappa shape index (κ3) is 16.0. The van der Waals surface area contributed by atoms with E-state index in [1.807, 2.05) is 85.0 Å². The van der Waals surface area contributed by atoms with Gasteiger partial charge < -0.3 is 43.1 Å². The second kappa shape index (κ2) is 34.1. The van der Waals surface area contributed by atoms with Crippen LogP contribution in [0, 0.1) is 68.8 Å². The lowest BCUT2D eigenvalue weighted by molar-refractivity contribution is -0.130. The molecule has 6 aromatic heterocycles. The first kappa shape index (κ1) is 76.2. The van der Waals surface area contributed by atoms with Crippen LogP contribution in [-0.2, 0) is 14.4 Å². The largest absolute Gasteiger partial charge is 0.494 e. The molecular formula is C87H83F3N12O9. The molecule has 3 aliphatic heterocycles. The summed E-state index contributed by atoms with van der Waals surface area (Å²) in [6.45, 7) is 17.6. The molecule has 12 aromatic rings. The quantitative estimate of drug-likeness (QED) is 0.0651. The molecule has 0 unspecified atom stereocenters. The molecule has 3 amide bonds. The Kier molecular flexibility index (Phi) is 23.4. The number of hydrogen-bond donors (Lipinski definition) is 0. The highest BCUT2D eigenvalue weighted by atomic mass is 19.1. The average molecular weight is 1500 g/mol. The van der Waals surface area contributed by atoms with Gasteiger partial charge in [-0.25, -0.2) is 15.0 Å². The topological polar surface area (TPSA) is 207 Å². The molecule has 0 aliphatic carbocycles. The van der Waals surface area contributed by atoms with Gasteiger partial charge in [-0.05, 0) is 220 Å². The van der Waals surface area contributed by atoms with Gasteiger partial charge in [0.25, 0.3) is 11.8 Å². The van der Waals surface area contributed by atoms with Gasteiger partial charge in [-0.1, -0.05) is 36.6 Å². The number of methoxy groups -OCH3 is 3. The zero-order valence-electron chi connectivity index (χ0n) is 63.2. The Morgan fingerprint density at radius 3 is 1.33 bits per heavy atom. The lowest BCUT2D eigenvalue weighted by atomic mass is 9.97. The number of amides is 3. The van der Waals surface area contributed by atoms with Gasteiger partial charge in [-0.15, -0.1) is 0 Å². The Labute approximate surface area is 641 Å². The lowest BCUT2D eigenvalue weighted by Gasteiger charge is -2.34. The molecule has 566 valence electrons. The van der Waals surface area contributed by atoms with Crippen LogP contribution < -0.4 is 28.4 Å². The van der Waals surface area contributed by atoms with E-state index in [1.54, 1.807) is 130 Å². The van der Waals surface area contributed by atoms with Crippen LogP contribution in [0.25, 0.3) is 50.3 Å². The predicted octanol–water partition coefficient (Wildman–Crippen LogP) is 17.3. The summed E-state index contributed by atoms with van der Waals surface area (Å²) in [5, 5.41) is 0. The Morgan fingerprint density at radius 2 is 0.883 bits per heavy atom. The molecule has 15 rings (SSSR count). The van der Waals surface area contributed by atoms with E-state index >= 15 is 0 Å². The minimum absolute atomic E-state index is 0.0757. The fraction of sp³-hybridized carbons (Fsp3) is 0.276. The van der Waals surface area contributed by atoms with Crippen molar-refractivity contribution in [2.45, 2.75) is 111 Å². The summed E-state index contributed by atoms with van der Waals surface area (Å²) in [6, 6.07) is 36.0. The SMILES string of the molecule is C=CC(=O)N1CCCC[C@H]1c1nc(-c2ccc(Oc3cccc(OC)c3F)cc2)c2cncc(C)n12.CC#CC(=O)N1CCCC[C@H]1c1nc(-c2ccc(Oc3cccc(OC)c3F)cc2)c2cncc(C)n12.CC#CC(=O)N1CCC[C@@H](c2nc(-c3ccc(Oc4cccc(OC)c4F)cc3)c3c(C)ncc(C)n23)C1. The fourth-order valence-corrected chi connectivity index (χ4v) is 14.6. The fourth-order valence-electron chi connectivity index (χ4n) is 14.6. The number of halogens is 3. The van der Waals surface area contributed by atoms with E-state index in [0.717, 1.165) is 142 Å². The monoisotopic (exact) mass is 1500 g/mol. The highest BCUT2D eigenvalue weighted by Crippen LogP contribution is 2.42. The van der Waals surface area contributed by atoms with Crippen molar-refractivity contribution in [3.05, 3.63) is 229 Å². The summed E-state index contributed by atoms with van der Waals surface area (Å²) in [4.78, 5) is 72.0. The summed E-state index contributed by atoms with van der Waals surface area (Å²) in [5.41, 5.74) is 11.3. The first-order chi connectivity index (χ1) is 53.9. The van der Waals surface area contributed by atoms with Crippen molar-refractivity contribution in [3.8, 4) is 109 Å². The zero-order chi connectivity index (χ0) is 78.0. The van der Waals surface area contributed by atoms with Crippen molar-refractivity contribution in [2.75, 3.05) is 47.5 Å². The van der Waals surface area contributed by atoms with Crippen molar-refractivity contribution in [2.24, 2.45) is 0 Å². The molecule has 21 nitrogen and oxygen atoms in total. The highest BCUT2D eigenvalue weighted by molar-refractivity contribution is 5.94. The first-order valence-electron chi connectivity index (χ1n) is 36.6. The summed E-state index contributed by atoms with van der Waals surface area (Å²) in [5.74, 6) is 13.4. The second-order valence-corrected chi connectivity index (χ2v) is 27.0. The maximum absolute atomic E-state index is 14.6. The number of carbonyl (C=O) groups is 3. The van der Waals surface area contributed by atoms with Crippen LogP contribution in [0.3, 0.4) is 0 Å². The van der Waals surface area contributed by atoms with Crippen molar-refractivity contribution >= 4 is 34.3 Å². The van der Waals surface area contributed by atoms with Crippen molar-refractivity contribution in [3.63, 3.8) is 0 Å². The molecule has 0 radical (unpaired) electrons. The van der Waals surface area contributed by atoms with Crippen LogP contribution in [0.15, 0.2) is 171 Å². The van der Waals surface area contributed by atoms with E-state index in [-0.39, 0.29) is 70.2 Å². The maximum Gasteiger partial charge on any atom is 0.299 e. The van der Waals surface area contributed by atoms with Crippen LogP contribution in [0.2, 0.25) is 0 Å². The number of carbonyl (C=O) groups excluding carboxylic acids is 3. The number of likely N-dealkylation sites (tertiary alicyclic amines) is 3. The molecule has 0 spiro atoms. The lowest BCUT2D eigenvalue weighted by Crippen LogP contribution is -2.39. The molecule has 3 fully saturated rings. The van der Waals surface area contributed by atoms with Crippen molar-refractivity contribution < 1.29 is 56.0 Å². The number of imidazole rings is 3. The second-order valence-electron chi connectivity index (χ2n) is 27.0. The van der Waals surface area contributed by atoms with Gasteiger partial charge in [0.2, 0.25) is 23.4 Å². The summed E-state index contributed by atoms with van der Waals surface area (Å²) >= 11 is 0. The normalized spacial score (nSPS) is 15.4. The van der Waals surface area contributed by atoms with Crippen LogP contribution in [0.4, 0.5) is 13.2 Å². The molecule has 111 heavy (non-hydrogen) atoms. The van der Waals surface area contributed by atoms with Gasteiger partial charge in [0.05, 0.1) is 85.1 Å². The van der Waals surface area contributed by atoms with E-state index in [1.165, 1.54) is 27.4 Å². The Bertz CT molecular complexity index is 5600. The number of rotatable bonds is 16. The predicted molar refractivity (Wildman–Crippen MR) is 416 cm³/mol. The summed E-state index contributed by atoms with van der Waals surface area (Å²) < 4.78 is 82.3. The number of benzene rings is 6. The van der Waals surface area contributed by atoms with Crippen LogP contribution >= 0.6 is 0 Å². The number of hydrogen-bond acceptors (Lipinski definition) is 15. The number of aryl methyl sites for hydroxylation is 4. The highest BCUT2D eigenvalue weighted by Gasteiger charge is 2.35. The Balaban J connectivity index is 0.000000146. The molecule has 0 saturated carbocycles.